The highest BCUT2D eigenvalue weighted by atomic mass is 16.7. The first-order chi connectivity index (χ1) is 16.4. The molecule has 0 saturated carbocycles. The van der Waals surface area contributed by atoms with Crippen molar-refractivity contribution in [1.29, 1.82) is 0 Å². The molecular weight excluding hydrogens is 432 g/mol. The third kappa shape index (κ3) is 5.99. The summed E-state index contributed by atoms with van der Waals surface area (Å²) in [6.45, 7) is 5.21. The standard InChI is InChI=1S/C25H30N6O3/c1-25(2,16-27-23-18-11-6-7-12-19(18)24(33)30-29-23)15-26-20(32)13-8-14-21-28-22(31-34-21)17-9-4-3-5-10-17/h3-7,9-12,22,31H,8,13-16H2,1-2H3,(H,26,32)(H,27,29)(H,30,33). The summed E-state index contributed by atoms with van der Waals surface area (Å²) in [5, 5.41) is 14.3. The summed E-state index contributed by atoms with van der Waals surface area (Å²) in [5.41, 5.74) is 3.51. The predicted molar refractivity (Wildman–Crippen MR) is 132 cm³/mol. The lowest BCUT2D eigenvalue weighted by Gasteiger charge is -2.26. The molecule has 1 aliphatic rings. The van der Waals surface area contributed by atoms with Gasteiger partial charge < -0.3 is 15.5 Å². The Morgan fingerprint density at radius 1 is 1.06 bits per heavy atom. The number of anilines is 1. The van der Waals surface area contributed by atoms with E-state index in [2.05, 4.69) is 45.2 Å². The molecule has 178 valence electrons. The van der Waals surface area contributed by atoms with Gasteiger partial charge in [0.05, 0.1) is 5.39 Å². The predicted octanol–water partition coefficient (Wildman–Crippen LogP) is 3.28. The molecule has 2 aromatic carbocycles. The number of H-pyrrole nitrogens is 1. The topological polar surface area (TPSA) is 120 Å². The lowest BCUT2D eigenvalue weighted by atomic mass is 9.93. The van der Waals surface area contributed by atoms with Gasteiger partial charge in [0, 0.05) is 31.3 Å². The van der Waals surface area contributed by atoms with Gasteiger partial charge in [-0.15, -0.1) is 5.48 Å². The zero-order chi connectivity index (χ0) is 24.0. The maximum atomic E-state index is 12.4. The monoisotopic (exact) mass is 462 g/mol. The Labute approximate surface area is 198 Å². The number of nitrogens with one attached hydrogen (secondary N) is 4. The molecule has 1 amide bonds. The molecule has 0 aliphatic carbocycles. The van der Waals surface area contributed by atoms with Gasteiger partial charge >= 0.3 is 0 Å². The van der Waals surface area contributed by atoms with E-state index in [4.69, 9.17) is 4.84 Å². The van der Waals surface area contributed by atoms with Gasteiger partial charge in [0.15, 0.2) is 12.0 Å². The number of aromatic nitrogens is 2. The third-order valence-electron chi connectivity index (χ3n) is 5.67. The molecule has 2 heterocycles. The highest BCUT2D eigenvalue weighted by Crippen LogP contribution is 2.21. The van der Waals surface area contributed by atoms with Crippen LogP contribution in [0.2, 0.25) is 0 Å². The normalized spacial score (nSPS) is 15.6. The second-order valence-corrected chi connectivity index (χ2v) is 9.15. The highest BCUT2D eigenvalue weighted by Gasteiger charge is 2.21. The first-order valence-corrected chi connectivity index (χ1v) is 11.4. The zero-order valence-corrected chi connectivity index (χ0v) is 19.4. The van der Waals surface area contributed by atoms with Gasteiger partial charge in [-0.2, -0.15) is 5.10 Å². The molecule has 0 fully saturated rings. The van der Waals surface area contributed by atoms with Crippen LogP contribution in [0.15, 0.2) is 64.4 Å². The zero-order valence-electron chi connectivity index (χ0n) is 19.4. The molecular formula is C25H30N6O3. The van der Waals surface area contributed by atoms with E-state index in [0.717, 1.165) is 10.9 Å². The Kier molecular flexibility index (Phi) is 7.22. The summed E-state index contributed by atoms with van der Waals surface area (Å²) in [5.74, 6) is 1.23. The molecule has 0 spiro atoms. The maximum absolute atomic E-state index is 12.4. The second-order valence-electron chi connectivity index (χ2n) is 9.15. The summed E-state index contributed by atoms with van der Waals surface area (Å²) < 4.78 is 0. The molecule has 0 bridgehead atoms. The van der Waals surface area contributed by atoms with Gasteiger partial charge in [-0.25, -0.2) is 10.1 Å². The molecule has 1 aliphatic heterocycles. The van der Waals surface area contributed by atoms with Crippen molar-refractivity contribution >= 4 is 28.4 Å². The SMILES string of the molecule is CC(C)(CNC(=O)CCCC1=NC(c2ccccc2)NO1)CNc1n[nH]c(=O)c2ccccc12. The first kappa shape index (κ1) is 23.4. The van der Waals surface area contributed by atoms with E-state index in [0.29, 0.717) is 49.5 Å². The van der Waals surface area contributed by atoms with Crippen molar-refractivity contribution < 1.29 is 9.63 Å². The highest BCUT2D eigenvalue weighted by molar-refractivity contribution is 5.90. The minimum Gasteiger partial charge on any atom is -0.391 e. The fourth-order valence-corrected chi connectivity index (χ4v) is 3.68. The van der Waals surface area contributed by atoms with E-state index in [1.807, 2.05) is 48.5 Å². The average molecular weight is 463 g/mol. The molecule has 9 nitrogen and oxygen atoms in total. The van der Waals surface area contributed by atoms with Crippen LogP contribution in [0.3, 0.4) is 0 Å². The summed E-state index contributed by atoms with van der Waals surface area (Å²) in [6.07, 6.45) is 1.44. The summed E-state index contributed by atoms with van der Waals surface area (Å²) in [4.78, 5) is 34.3. The van der Waals surface area contributed by atoms with Crippen LogP contribution in [0, 0.1) is 5.41 Å². The first-order valence-electron chi connectivity index (χ1n) is 11.4. The Bertz CT molecular complexity index is 1220. The van der Waals surface area contributed by atoms with Gasteiger partial charge in [0.1, 0.15) is 0 Å². The molecule has 4 N–H and O–H groups in total. The summed E-state index contributed by atoms with van der Waals surface area (Å²) in [7, 11) is 0. The molecule has 1 unspecified atom stereocenters. The van der Waals surface area contributed by atoms with Crippen molar-refractivity contribution in [2.45, 2.75) is 39.3 Å². The van der Waals surface area contributed by atoms with Gasteiger partial charge in [0.2, 0.25) is 11.8 Å². The van der Waals surface area contributed by atoms with Crippen LogP contribution in [-0.2, 0) is 9.63 Å². The number of hydroxylamine groups is 1. The van der Waals surface area contributed by atoms with Crippen molar-refractivity contribution in [1.82, 2.24) is 21.0 Å². The molecule has 1 aromatic heterocycles. The number of hydrogen-bond donors (Lipinski definition) is 4. The maximum Gasteiger partial charge on any atom is 0.272 e. The van der Waals surface area contributed by atoms with Crippen LogP contribution in [0.5, 0.6) is 0 Å². The summed E-state index contributed by atoms with van der Waals surface area (Å²) >= 11 is 0. The molecule has 3 aromatic rings. The minimum absolute atomic E-state index is 0.00754. The van der Waals surface area contributed by atoms with Gasteiger partial charge in [-0.3, -0.25) is 9.59 Å². The van der Waals surface area contributed by atoms with Crippen LogP contribution >= 0.6 is 0 Å². The number of benzene rings is 2. The van der Waals surface area contributed by atoms with Crippen LogP contribution < -0.4 is 21.7 Å². The summed E-state index contributed by atoms with van der Waals surface area (Å²) in [6, 6.07) is 17.2. The van der Waals surface area contributed by atoms with Crippen molar-refractivity contribution in [2.75, 3.05) is 18.4 Å². The smallest absolute Gasteiger partial charge is 0.272 e. The lowest BCUT2D eigenvalue weighted by Crippen LogP contribution is -2.38. The minimum atomic E-state index is -0.222. The van der Waals surface area contributed by atoms with Crippen LogP contribution in [0.25, 0.3) is 10.8 Å². The second kappa shape index (κ2) is 10.5. The molecule has 1 atom stereocenters. The van der Waals surface area contributed by atoms with E-state index in [1.54, 1.807) is 6.07 Å². The number of rotatable bonds is 10. The molecule has 9 heteroatoms. The largest absolute Gasteiger partial charge is 0.391 e. The molecule has 0 radical (unpaired) electrons. The van der Waals surface area contributed by atoms with Gasteiger partial charge in [0.25, 0.3) is 5.56 Å². The van der Waals surface area contributed by atoms with Crippen LogP contribution in [-0.4, -0.2) is 35.1 Å². The number of carbonyl (C=O) groups excluding carboxylic acids is 1. The molecule has 0 saturated heterocycles. The fourth-order valence-electron chi connectivity index (χ4n) is 3.68. The molecule has 4 rings (SSSR count). The Morgan fingerprint density at radius 3 is 2.59 bits per heavy atom. The quantitative estimate of drug-likeness (QED) is 0.367. The van der Waals surface area contributed by atoms with E-state index < -0.39 is 0 Å². The molecule has 34 heavy (non-hydrogen) atoms. The number of nitrogens with zero attached hydrogens (tertiary/aromatic N) is 2. The Balaban J connectivity index is 1.20. The van der Waals surface area contributed by atoms with E-state index >= 15 is 0 Å². The number of amides is 1. The number of aromatic amines is 1. The number of carbonyl (C=O) groups is 1. The van der Waals surface area contributed by atoms with Gasteiger partial charge in [-0.05, 0) is 23.5 Å². The van der Waals surface area contributed by atoms with Crippen molar-refractivity contribution in [3.8, 4) is 0 Å². The van der Waals surface area contributed by atoms with Crippen molar-refractivity contribution in [3.05, 3.63) is 70.5 Å². The fraction of sp³-hybridized carbons (Fsp3) is 0.360. The van der Waals surface area contributed by atoms with Crippen molar-refractivity contribution in [3.63, 3.8) is 0 Å². The van der Waals surface area contributed by atoms with Crippen LogP contribution in [0.4, 0.5) is 5.82 Å². The third-order valence-corrected chi connectivity index (χ3v) is 5.67. The van der Waals surface area contributed by atoms with Crippen LogP contribution in [0.1, 0.15) is 44.8 Å². The van der Waals surface area contributed by atoms with E-state index in [1.165, 1.54) is 0 Å². The van der Waals surface area contributed by atoms with Crippen molar-refractivity contribution in [2.24, 2.45) is 10.4 Å². The Morgan fingerprint density at radius 2 is 1.79 bits per heavy atom. The number of aliphatic imine (C=N–C) groups is 1. The van der Waals surface area contributed by atoms with E-state index in [-0.39, 0.29) is 23.0 Å². The number of hydrogen-bond acceptors (Lipinski definition) is 7. The number of fused-ring (bicyclic) bond motifs is 1. The van der Waals surface area contributed by atoms with Gasteiger partial charge in [-0.1, -0.05) is 62.4 Å². The average Bonchev–Trinajstić information content (AvgIpc) is 3.32. The lowest BCUT2D eigenvalue weighted by molar-refractivity contribution is -0.121. The van der Waals surface area contributed by atoms with E-state index in [9.17, 15) is 9.59 Å². The Hall–Kier alpha value is -3.72.